The second-order valence-electron chi connectivity index (χ2n) is 5.33. The highest BCUT2D eigenvalue weighted by atomic mass is 32.1. The molecule has 0 amide bonds. The van der Waals surface area contributed by atoms with Crippen molar-refractivity contribution in [2.75, 3.05) is 6.61 Å². The summed E-state index contributed by atoms with van der Waals surface area (Å²) in [4.78, 5) is 24.2. The van der Waals surface area contributed by atoms with Crippen LogP contribution in [-0.2, 0) is 16.1 Å². The van der Waals surface area contributed by atoms with Crippen molar-refractivity contribution in [3.05, 3.63) is 65.2 Å². The van der Waals surface area contributed by atoms with E-state index in [1.807, 2.05) is 47.8 Å². The number of carbonyl (C=O) groups excluding carboxylic acids is 2. The van der Waals surface area contributed by atoms with E-state index in [2.05, 4.69) is 5.10 Å². The number of ketones is 1. The minimum atomic E-state index is -0.534. The second-order valence-corrected chi connectivity index (χ2v) is 6.28. The molecule has 0 spiro atoms. The number of rotatable bonds is 6. The van der Waals surface area contributed by atoms with Crippen LogP contribution in [0.2, 0.25) is 0 Å². The van der Waals surface area contributed by atoms with Gasteiger partial charge < -0.3 is 4.74 Å². The van der Waals surface area contributed by atoms with E-state index < -0.39 is 5.97 Å². The summed E-state index contributed by atoms with van der Waals surface area (Å²) in [7, 11) is 0. The molecule has 6 heteroatoms. The van der Waals surface area contributed by atoms with Crippen LogP contribution in [0.15, 0.2) is 54.0 Å². The minimum absolute atomic E-state index is 0.197. The average molecular weight is 340 g/mol. The first-order valence-electron chi connectivity index (χ1n) is 7.45. The number of Topliss-reactive ketones (excluding diaryl/α,β-unsaturated/α-hetero) is 1. The van der Waals surface area contributed by atoms with Crippen LogP contribution in [-0.4, -0.2) is 28.1 Å². The number of benzene rings is 1. The summed E-state index contributed by atoms with van der Waals surface area (Å²) in [6.07, 6.45) is 1.67. The molecule has 1 aromatic carbocycles. The highest BCUT2D eigenvalue weighted by Crippen LogP contribution is 2.27. The van der Waals surface area contributed by atoms with Gasteiger partial charge in [-0.1, -0.05) is 36.4 Å². The molecule has 24 heavy (non-hydrogen) atoms. The molecule has 0 fully saturated rings. The first-order valence-corrected chi connectivity index (χ1v) is 8.33. The van der Waals surface area contributed by atoms with Gasteiger partial charge in [-0.25, -0.2) is 4.79 Å². The van der Waals surface area contributed by atoms with Gasteiger partial charge in [-0.3, -0.25) is 9.48 Å². The van der Waals surface area contributed by atoms with Crippen molar-refractivity contribution < 1.29 is 14.3 Å². The van der Waals surface area contributed by atoms with E-state index in [4.69, 9.17) is 4.74 Å². The molecule has 0 aliphatic rings. The van der Waals surface area contributed by atoms with Gasteiger partial charge in [0, 0.05) is 6.20 Å². The van der Waals surface area contributed by atoms with Crippen molar-refractivity contribution >= 4 is 23.1 Å². The van der Waals surface area contributed by atoms with Gasteiger partial charge in [-0.2, -0.15) is 5.10 Å². The zero-order valence-corrected chi connectivity index (χ0v) is 14.0. The smallest absolute Gasteiger partial charge is 0.342 e. The first-order chi connectivity index (χ1) is 11.6. The van der Waals surface area contributed by atoms with Crippen LogP contribution in [0.3, 0.4) is 0 Å². The fourth-order valence-electron chi connectivity index (χ4n) is 2.26. The number of thiophene rings is 1. The van der Waals surface area contributed by atoms with Crippen molar-refractivity contribution in [1.82, 2.24) is 9.78 Å². The quantitative estimate of drug-likeness (QED) is 0.645. The van der Waals surface area contributed by atoms with E-state index in [1.54, 1.807) is 10.9 Å². The van der Waals surface area contributed by atoms with E-state index in [9.17, 15) is 9.59 Å². The van der Waals surface area contributed by atoms with E-state index in [-0.39, 0.29) is 12.4 Å². The molecule has 0 saturated carbocycles. The van der Waals surface area contributed by atoms with Crippen molar-refractivity contribution in [3.8, 4) is 10.6 Å². The van der Waals surface area contributed by atoms with Crippen molar-refractivity contribution in [2.45, 2.75) is 13.5 Å². The summed E-state index contributed by atoms with van der Waals surface area (Å²) in [5.41, 5.74) is 2.03. The number of carbonyl (C=O) groups is 2. The fourth-order valence-corrected chi connectivity index (χ4v) is 2.99. The second kappa shape index (κ2) is 7.23. The van der Waals surface area contributed by atoms with Crippen LogP contribution in [0.1, 0.15) is 22.8 Å². The Morgan fingerprint density at radius 3 is 2.62 bits per heavy atom. The number of aromatic nitrogens is 2. The molecular weight excluding hydrogens is 324 g/mol. The van der Waals surface area contributed by atoms with E-state index in [1.165, 1.54) is 18.3 Å². The number of esters is 1. The van der Waals surface area contributed by atoms with Gasteiger partial charge in [-0.05, 0) is 23.9 Å². The molecule has 3 rings (SSSR count). The summed E-state index contributed by atoms with van der Waals surface area (Å²) in [6, 6.07) is 13.7. The molecule has 0 unspecified atom stereocenters. The van der Waals surface area contributed by atoms with Crippen LogP contribution in [0.5, 0.6) is 0 Å². The van der Waals surface area contributed by atoms with Gasteiger partial charge in [0.15, 0.2) is 5.78 Å². The average Bonchev–Trinajstić information content (AvgIpc) is 3.22. The van der Waals surface area contributed by atoms with Crippen LogP contribution < -0.4 is 0 Å². The lowest BCUT2D eigenvalue weighted by molar-refractivity contribution is -0.120. The van der Waals surface area contributed by atoms with Crippen LogP contribution in [0.4, 0.5) is 0 Å². The number of hydrogen-bond donors (Lipinski definition) is 0. The summed E-state index contributed by atoms with van der Waals surface area (Å²) >= 11 is 1.50. The Bertz CT molecular complexity index is 839. The Kier molecular flexibility index (Phi) is 4.86. The van der Waals surface area contributed by atoms with Gasteiger partial charge in [-0.15, -0.1) is 11.3 Å². The molecule has 0 radical (unpaired) electrons. The molecule has 2 aromatic heterocycles. The van der Waals surface area contributed by atoms with Crippen LogP contribution >= 0.6 is 11.3 Å². The lowest BCUT2D eigenvalue weighted by atomic mass is 10.2. The SMILES string of the molecule is CC(=O)COC(=O)c1cn(Cc2ccccc2)nc1-c1cccs1. The van der Waals surface area contributed by atoms with Crippen LogP contribution in [0.25, 0.3) is 10.6 Å². The fraction of sp³-hybridized carbons (Fsp3) is 0.167. The number of ether oxygens (including phenoxy) is 1. The Balaban J connectivity index is 1.91. The molecule has 0 N–H and O–H groups in total. The molecule has 0 aliphatic heterocycles. The maximum atomic E-state index is 12.3. The Hall–Kier alpha value is -2.73. The standard InChI is InChI=1S/C18H16N2O3S/c1-13(21)12-23-18(22)15-11-20(10-14-6-3-2-4-7-14)19-17(15)16-8-5-9-24-16/h2-9,11H,10,12H2,1H3. The molecule has 3 aromatic rings. The lowest BCUT2D eigenvalue weighted by Crippen LogP contribution is -2.11. The molecule has 0 aliphatic carbocycles. The predicted molar refractivity (Wildman–Crippen MR) is 92.0 cm³/mol. The molecule has 0 bridgehead atoms. The monoisotopic (exact) mass is 340 g/mol. The lowest BCUT2D eigenvalue weighted by Gasteiger charge is -2.01. The summed E-state index contributed by atoms with van der Waals surface area (Å²) in [6.45, 7) is 1.71. The summed E-state index contributed by atoms with van der Waals surface area (Å²) in [5, 5.41) is 6.46. The van der Waals surface area contributed by atoms with Crippen molar-refractivity contribution in [2.24, 2.45) is 0 Å². The van der Waals surface area contributed by atoms with Gasteiger partial charge in [0.2, 0.25) is 0 Å². The summed E-state index contributed by atoms with van der Waals surface area (Å²) < 4.78 is 6.77. The Morgan fingerprint density at radius 1 is 1.17 bits per heavy atom. The highest BCUT2D eigenvalue weighted by Gasteiger charge is 2.20. The third-order valence-electron chi connectivity index (χ3n) is 3.33. The third-order valence-corrected chi connectivity index (χ3v) is 4.21. The zero-order chi connectivity index (χ0) is 16.9. The van der Waals surface area contributed by atoms with E-state index in [0.29, 0.717) is 17.8 Å². The maximum absolute atomic E-state index is 12.3. The van der Waals surface area contributed by atoms with Crippen molar-refractivity contribution in [1.29, 1.82) is 0 Å². The summed E-state index contributed by atoms with van der Waals surface area (Å²) in [5.74, 6) is -0.731. The van der Waals surface area contributed by atoms with Crippen molar-refractivity contribution in [3.63, 3.8) is 0 Å². The molecule has 122 valence electrons. The van der Waals surface area contributed by atoms with Crippen LogP contribution in [0, 0.1) is 0 Å². The van der Waals surface area contributed by atoms with Gasteiger partial charge in [0.1, 0.15) is 17.9 Å². The third kappa shape index (κ3) is 3.78. The number of nitrogens with zero attached hydrogens (tertiary/aromatic N) is 2. The molecular formula is C18H16N2O3S. The minimum Gasteiger partial charge on any atom is -0.454 e. The molecule has 0 atom stereocenters. The van der Waals surface area contributed by atoms with Gasteiger partial charge >= 0.3 is 5.97 Å². The molecule has 0 saturated heterocycles. The first kappa shape index (κ1) is 16.1. The molecule has 5 nitrogen and oxygen atoms in total. The van der Waals surface area contributed by atoms with E-state index >= 15 is 0 Å². The highest BCUT2D eigenvalue weighted by molar-refractivity contribution is 7.13. The number of hydrogen-bond acceptors (Lipinski definition) is 5. The van der Waals surface area contributed by atoms with Gasteiger partial charge in [0.05, 0.1) is 11.4 Å². The largest absolute Gasteiger partial charge is 0.454 e. The van der Waals surface area contributed by atoms with Gasteiger partial charge in [0.25, 0.3) is 0 Å². The predicted octanol–water partition coefficient (Wildman–Crippen LogP) is 3.41. The normalized spacial score (nSPS) is 10.5. The topological polar surface area (TPSA) is 61.2 Å². The maximum Gasteiger partial charge on any atom is 0.342 e. The Morgan fingerprint density at radius 2 is 1.96 bits per heavy atom. The molecule has 2 heterocycles. The zero-order valence-electron chi connectivity index (χ0n) is 13.1. The Labute approximate surface area is 143 Å². The van der Waals surface area contributed by atoms with E-state index in [0.717, 1.165) is 10.4 Å².